The molecule has 0 saturated carbocycles. The second kappa shape index (κ2) is 15.1. The second-order valence-corrected chi connectivity index (χ2v) is 12.6. The van der Waals surface area contributed by atoms with Crippen molar-refractivity contribution < 1.29 is 33.3 Å². The molecule has 3 atom stereocenters. The highest BCUT2D eigenvalue weighted by Crippen LogP contribution is 2.27. The average molecular weight is 657 g/mol. The van der Waals surface area contributed by atoms with E-state index in [1.54, 1.807) is 18.2 Å². The Balaban J connectivity index is 1.46. The van der Waals surface area contributed by atoms with Crippen LogP contribution >= 0.6 is 0 Å². The van der Waals surface area contributed by atoms with Crippen LogP contribution in [-0.2, 0) is 33.8 Å². The summed E-state index contributed by atoms with van der Waals surface area (Å²) in [6.45, 7) is 5.25. The van der Waals surface area contributed by atoms with Crippen molar-refractivity contribution in [2.24, 2.45) is 5.92 Å². The zero-order valence-electron chi connectivity index (χ0n) is 27.2. The van der Waals surface area contributed by atoms with E-state index in [9.17, 15) is 28.8 Å². The molecule has 1 aliphatic heterocycles. The quantitative estimate of drug-likeness (QED) is 0.322. The smallest absolute Gasteiger partial charge is 0.274 e. The Morgan fingerprint density at radius 1 is 0.917 bits per heavy atom. The number of Topliss-reactive ketones (excluding diaryl/α,β-unsaturated/α-hetero) is 1. The number of benzene rings is 2. The molecule has 2 aromatic carbocycles. The molecule has 252 valence electrons. The first-order valence-electron chi connectivity index (χ1n) is 16.1. The molecule has 48 heavy (non-hydrogen) atoms. The van der Waals surface area contributed by atoms with Gasteiger partial charge in [-0.2, -0.15) is 0 Å². The Morgan fingerprint density at radius 3 is 2.42 bits per heavy atom. The minimum absolute atomic E-state index is 0.0187. The number of rotatable bonds is 5. The number of carbonyl (C=O) groups excluding carboxylic acids is 6. The van der Waals surface area contributed by atoms with E-state index in [-0.39, 0.29) is 61.5 Å². The summed E-state index contributed by atoms with van der Waals surface area (Å²) in [7, 11) is 0. The van der Waals surface area contributed by atoms with Crippen molar-refractivity contribution in [3.8, 4) is 0 Å². The van der Waals surface area contributed by atoms with Crippen molar-refractivity contribution in [1.29, 1.82) is 0 Å². The summed E-state index contributed by atoms with van der Waals surface area (Å²) in [6, 6.07) is 12.6. The van der Waals surface area contributed by atoms with Gasteiger partial charge >= 0.3 is 0 Å². The molecule has 1 aliphatic carbocycles. The first-order valence-corrected chi connectivity index (χ1v) is 16.1. The highest BCUT2D eigenvalue weighted by atomic mass is 16.5. The number of nitrogens with one attached hydrogen (secondary N) is 4. The highest BCUT2D eigenvalue weighted by molar-refractivity contribution is 6.05. The lowest BCUT2D eigenvalue weighted by atomic mass is 10.0. The molecule has 0 fully saturated rings. The topological polar surface area (TPSA) is 180 Å². The number of amides is 5. The van der Waals surface area contributed by atoms with E-state index in [1.165, 1.54) is 17.9 Å². The van der Waals surface area contributed by atoms with Gasteiger partial charge in [-0.15, -0.1) is 0 Å². The van der Waals surface area contributed by atoms with E-state index in [2.05, 4.69) is 26.4 Å². The lowest BCUT2D eigenvalue weighted by Gasteiger charge is -2.26. The molecule has 0 unspecified atom stereocenters. The van der Waals surface area contributed by atoms with Gasteiger partial charge in [-0.3, -0.25) is 28.8 Å². The van der Waals surface area contributed by atoms with Crippen LogP contribution in [0.1, 0.15) is 81.7 Å². The fraction of sp³-hybridized carbons (Fsp3) is 0.400. The first kappa shape index (κ1) is 34.0. The molecule has 1 aromatic heterocycles. The molecule has 0 radical (unpaired) electrons. The summed E-state index contributed by atoms with van der Waals surface area (Å²) < 4.78 is 5.42. The SMILES string of the molecule is CC(C)C[C@H]1NC(=O)[C@@H](C)NC(=O)c2cc(on2)CN(C(=O)c2cccc3c2CCC3=O)CCNC(=O)[C@@H](Cc2ccccc2)NC1=O. The van der Waals surface area contributed by atoms with Gasteiger partial charge < -0.3 is 30.7 Å². The standard InChI is InChI=1S/C35H40N6O7/c1-20(2)16-27-33(45)39-28(17-22-8-5-4-6-9-22)32(44)36-14-15-41(35(47)26-11-7-10-25-24(26)12-13-30(25)42)19-23-18-29(40-48-23)34(46)37-21(3)31(43)38-27/h4-11,18,20-21,27-28H,12-17,19H2,1-3H3,(H,36,44)(H,37,46)(H,38,43)(H,39,45)/t21-,27-,28-/m1/s1. The third-order valence-electron chi connectivity index (χ3n) is 8.41. The Labute approximate surface area is 278 Å². The molecular weight excluding hydrogens is 616 g/mol. The predicted molar refractivity (Wildman–Crippen MR) is 174 cm³/mol. The minimum atomic E-state index is -1.04. The van der Waals surface area contributed by atoms with Crippen molar-refractivity contribution in [2.75, 3.05) is 13.1 Å². The highest BCUT2D eigenvalue weighted by Gasteiger charge is 2.31. The summed E-state index contributed by atoms with van der Waals surface area (Å²) in [5.74, 6) is -2.47. The van der Waals surface area contributed by atoms with Crippen molar-refractivity contribution in [1.82, 2.24) is 31.3 Å². The number of hydrogen-bond donors (Lipinski definition) is 4. The first-order chi connectivity index (χ1) is 23.0. The van der Waals surface area contributed by atoms with Gasteiger partial charge in [0.15, 0.2) is 17.2 Å². The summed E-state index contributed by atoms with van der Waals surface area (Å²) in [5, 5.41) is 14.8. The monoisotopic (exact) mass is 656 g/mol. The second-order valence-electron chi connectivity index (χ2n) is 12.6. The Kier molecular flexibility index (Phi) is 10.7. The fourth-order valence-corrected chi connectivity index (χ4v) is 5.90. The number of nitrogens with zero attached hydrogens (tertiary/aromatic N) is 2. The number of fused-ring (bicyclic) bond motifs is 3. The summed E-state index contributed by atoms with van der Waals surface area (Å²) in [5.41, 5.74) is 2.27. The maximum atomic E-state index is 14.0. The zero-order valence-corrected chi connectivity index (χ0v) is 27.2. The van der Waals surface area contributed by atoms with Gasteiger partial charge in [0.25, 0.3) is 11.8 Å². The summed E-state index contributed by atoms with van der Waals surface area (Å²) >= 11 is 0. The summed E-state index contributed by atoms with van der Waals surface area (Å²) in [4.78, 5) is 81.2. The number of aromatic nitrogens is 1. The van der Waals surface area contributed by atoms with Crippen LogP contribution in [0.4, 0.5) is 0 Å². The normalized spacial score (nSPS) is 21.0. The maximum Gasteiger partial charge on any atom is 0.274 e. The lowest BCUT2D eigenvalue weighted by molar-refractivity contribution is -0.132. The Hall–Kier alpha value is -5.33. The van der Waals surface area contributed by atoms with E-state index < -0.39 is 41.8 Å². The van der Waals surface area contributed by atoms with E-state index in [0.717, 1.165) is 5.56 Å². The van der Waals surface area contributed by atoms with Gasteiger partial charge in [-0.25, -0.2) is 0 Å². The molecule has 5 rings (SSSR count). The van der Waals surface area contributed by atoms with Gasteiger partial charge in [0.2, 0.25) is 17.7 Å². The van der Waals surface area contributed by atoms with Crippen LogP contribution in [-0.4, -0.2) is 76.6 Å². The van der Waals surface area contributed by atoms with Crippen molar-refractivity contribution in [2.45, 2.75) is 71.1 Å². The average Bonchev–Trinajstić information content (AvgIpc) is 3.69. The molecule has 2 heterocycles. The molecule has 0 saturated heterocycles. The van der Waals surface area contributed by atoms with Crippen molar-refractivity contribution in [3.63, 3.8) is 0 Å². The van der Waals surface area contributed by atoms with Crippen molar-refractivity contribution in [3.05, 3.63) is 88.3 Å². The van der Waals surface area contributed by atoms with E-state index >= 15 is 0 Å². The minimum Gasteiger partial charge on any atom is -0.359 e. The van der Waals surface area contributed by atoms with Crippen LogP contribution in [0.25, 0.3) is 0 Å². The van der Waals surface area contributed by atoms with Crippen LogP contribution in [0, 0.1) is 5.92 Å². The largest absolute Gasteiger partial charge is 0.359 e. The predicted octanol–water partition coefficient (Wildman–Crippen LogP) is 1.95. The van der Waals surface area contributed by atoms with Gasteiger partial charge in [0.05, 0.1) is 6.54 Å². The van der Waals surface area contributed by atoms with Gasteiger partial charge in [-0.05, 0) is 42.9 Å². The molecule has 13 heteroatoms. The van der Waals surface area contributed by atoms with Crippen molar-refractivity contribution >= 4 is 35.3 Å². The molecule has 3 aromatic rings. The molecule has 0 spiro atoms. The third-order valence-corrected chi connectivity index (χ3v) is 8.41. The van der Waals surface area contributed by atoms with Crippen LogP contribution in [0.5, 0.6) is 0 Å². The van der Waals surface area contributed by atoms with Gasteiger partial charge in [-0.1, -0.05) is 61.5 Å². The molecule has 2 bridgehead atoms. The molecule has 5 amide bonds. The Morgan fingerprint density at radius 2 is 1.67 bits per heavy atom. The number of carbonyl (C=O) groups is 6. The zero-order chi connectivity index (χ0) is 34.4. The van der Waals surface area contributed by atoms with Crippen LogP contribution in [0.3, 0.4) is 0 Å². The van der Waals surface area contributed by atoms with Gasteiger partial charge in [0, 0.05) is 43.1 Å². The lowest BCUT2D eigenvalue weighted by Crippen LogP contribution is -2.57. The number of ketones is 1. The Bertz CT molecular complexity index is 1700. The fourth-order valence-electron chi connectivity index (χ4n) is 5.90. The summed E-state index contributed by atoms with van der Waals surface area (Å²) in [6.07, 6.45) is 1.23. The molecular formula is C35H40N6O7. The van der Waals surface area contributed by atoms with Gasteiger partial charge in [0.1, 0.15) is 18.1 Å². The number of hydrogen-bond acceptors (Lipinski definition) is 8. The third kappa shape index (κ3) is 8.14. The van der Waals surface area contributed by atoms with Crippen LogP contribution in [0.15, 0.2) is 59.1 Å². The molecule has 13 nitrogen and oxygen atoms in total. The van der Waals surface area contributed by atoms with E-state index in [0.29, 0.717) is 29.5 Å². The molecule has 4 N–H and O–H groups in total. The van der Waals surface area contributed by atoms with E-state index in [1.807, 2.05) is 44.2 Å². The maximum absolute atomic E-state index is 14.0. The van der Waals surface area contributed by atoms with Crippen LogP contribution < -0.4 is 21.3 Å². The molecule has 2 aliphatic rings. The van der Waals surface area contributed by atoms with Crippen LogP contribution in [0.2, 0.25) is 0 Å². The van der Waals surface area contributed by atoms with E-state index in [4.69, 9.17) is 4.52 Å².